The van der Waals surface area contributed by atoms with Crippen molar-refractivity contribution in [2.45, 2.75) is 19.3 Å². The van der Waals surface area contributed by atoms with Crippen molar-refractivity contribution in [3.8, 4) is 11.5 Å². The van der Waals surface area contributed by atoms with Crippen molar-refractivity contribution in [3.05, 3.63) is 24.3 Å². The number of guanidine groups is 1. The highest BCUT2D eigenvalue weighted by Gasteiger charge is 2.42. The second kappa shape index (κ2) is 8.43. The Balaban J connectivity index is 1.36. The summed E-state index contributed by atoms with van der Waals surface area (Å²) in [5.41, 5.74) is 0.356. The quantitative estimate of drug-likeness (QED) is 0.485. The van der Waals surface area contributed by atoms with Gasteiger partial charge in [-0.05, 0) is 43.5 Å². The first-order valence-electron chi connectivity index (χ1n) is 9.05. The lowest BCUT2D eigenvalue weighted by molar-refractivity contribution is 0.156. The molecule has 2 fully saturated rings. The maximum atomic E-state index is 5.76. The van der Waals surface area contributed by atoms with Gasteiger partial charge in [0.05, 0.1) is 20.3 Å². The van der Waals surface area contributed by atoms with Gasteiger partial charge in [0.2, 0.25) is 0 Å². The predicted molar refractivity (Wildman–Crippen MR) is 98.5 cm³/mol. The lowest BCUT2D eigenvalue weighted by atomic mass is 9.87. The highest BCUT2D eigenvalue weighted by atomic mass is 16.5. The minimum Gasteiger partial charge on any atom is -0.497 e. The van der Waals surface area contributed by atoms with Crippen LogP contribution in [0.2, 0.25) is 0 Å². The molecule has 25 heavy (non-hydrogen) atoms. The number of aliphatic imine (C=N–C) groups is 1. The number of ether oxygens (including phenoxy) is 3. The smallest absolute Gasteiger partial charge is 0.193 e. The molecule has 2 saturated heterocycles. The van der Waals surface area contributed by atoms with Crippen molar-refractivity contribution in [3.63, 3.8) is 0 Å². The Labute approximate surface area is 150 Å². The minimum absolute atomic E-state index is 0.356. The number of nitrogens with zero attached hydrogens (tertiary/aromatic N) is 2. The van der Waals surface area contributed by atoms with E-state index in [2.05, 4.69) is 15.2 Å². The fourth-order valence-electron chi connectivity index (χ4n) is 3.55. The summed E-state index contributed by atoms with van der Waals surface area (Å²) in [6, 6.07) is 7.67. The van der Waals surface area contributed by atoms with Crippen molar-refractivity contribution in [2.75, 3.05) is 53.6 Å². The fraction of sp³-hybridized carbons (Fsp3) is 0.632. The van der Waals surface area contributed by atoms with Crippen molar-refractivity contribution >= 4 is 5.96 Å². The molecule has 1 N–H and O–H groups in total. The van der Waals surface area contributed by atoms with Crippen LogP contribution in [-0.4, -0.2) is 64.5 Å². The number of nitrogens with one attached hydrogen (secondary N) is 1. The van der Waals surface area contributed by atoms with Crippen LogP contribution < -0.4 is 14.8 Å². The summed E-state index contributed by atoms with van der Waals surface area (Å²) in [6.45, 7) is 5.44. The maximum Gasteiger partial charge on any atom is 0.193 e. The Morgan fingerprint density at radius 1 is 1.28 bits per heavy atom. The van der Waals surface area contributed by atoms with Crippen molar-refractivity contribution < 1.29 is 14.2 Å². The standard InChI is InChI=1S/C19H29N3O3/c1-20-18(22-11-8-19(14-22)9-13-24-15-19)21-10-3-12-25-17-6-4-16(23-2)5-7-17/h4-7H,3,8-15H2,1-2H3,(H,20,21). The Bertz CT molecular complexity index is 568. The number of hydrogen-bond donors (Lipinski definition) is 1. The van der Waals surface area contributed by atoms with Crippen molar-refractivity contribution in [1.29, 1.82) is 0 Å². The summed E-state index contributed by atoms with van der Waals surface area (Å²) in [7, 11) is 3.52. The van der Waals surface area contributed by atoms with Gasteiger partial charge in [-0.1, -0.05) is 0 Å². The fourth-order valence-corrected chi connectivity index (χ4v) is 3.55. The average Bonchev–Trinajstić information content (AvgIpc) is 3.29. The van der Waals surface area contributed by atoms with Gasteiger partial charge in [-0.25, -0.2) is 0 Å². The second-order valence-electron chi connectivity index (χ2n) is 6.83. The summed E-state index contributed by atoms with van der Waals surface area (Å²) in [5, 5.41) is 3.46. The SMILES string of the molecule is CN=C(NCCCOc1ccc(OC)cc1)N1CCC2(CCOC2)C1. The zero-order valence-electron chi connectivity index (χ0n) is 15.3. The molecule has 2 aliphatic rings. The summed E-state index contributed by atoms with van der Waals surface area (Å²) in [4.78, 5) is 6.80. The summed E-state index contributed by atoms with van der Waals surface area (Å²) >= 11 is 0. The van der Waals surface area contributed by atoms with Gasteiger partial charge in [0.15, 0.2) is 5.96 Å². The zero-order valence-corrected chi connectivity index (χ0v) is 15.3. The van der Waals surface area contributed by atoms with Gasteiger partial charge in [-0.15, -0.1) is 0 Å². The molecule has 0 amide bonds. The van der Waals surface area contributed by atoms with E-state index < -0.39 is 0 Å². The van der Waals surface area contributed by atoms with Crippen LogP contribution in [0.1, 0.15) is 19.3 Å². The summed E-state index contributed by atoms with van der Waals surface area (Å²) < 4.78 is 16.5. The lowest BCUT2D eigenvalue weighted by Crippen LogP contribution is -2.42. The van der Waals surface area contributed by atoms with Gasteiger partial charge in [0.1, 0.15) is 11.5 Å². The van der Waals surface area contributed by atoms with Gasteiger partial charge in [0, 0.05) is 38.7 Å². The number of likely N-dealkylation sites (tertiary alicyclic amines) is 1. The van der Waals surface area contributed by atoms with Crippen LogP contribution in [0.5, 0.6) is 11.5 Å². The van der Waals surface area contributed by atoms with Gasteiger partial charge in [-0.2, -0.15) is 0 Å². The van der Waals surface area contributed by atoms with E-state index in [1.165, 1.54) is 12.8 Å². The number of hydrogen-bond acceptors (Lipinski definition) is 4. The monoisotopic (exact) mass is 347 g/mol. The molecule has 1 atom stereocenters. The topological polar surface area (TPSA) is 55.3 Å². The third-order valence-electron chi connectivity index (χ3n) is 5.07. The molecule has 1 unspecified atom stereocenters. The van der Waals surface area contributed by atoms with Crippen LogP contribution in [0.3, 0.4) is 0 Å². The average molecular weight is 347 g/mol. The molecular formula is C19H29N3O3. The summed E-state index contributed by atoms with van der Waals surface area (Å²) in [5.74, 6) is 2.70. The molecule has 1 aromatic carbocycles. The van der Waals surface area contributed by atoms with Crippen molar-refractivity contribution in [2.24, 2.45) is 10.4 Å². The zero-order chi connectivity index (χ0) is 17.5. The molecule has 0 bridgehead atoms. The predicted octanol–water partition coefficient (Wildman–Crippen LogP) is 2.15. The van der Waals surface area contributed by atoms with Gasteiger partial charge >= 0.3 is 0 Å². The minimum atomic E-state index is 0.356. The van der Waals surface area contributed by atoms with Crippen LogP contribution >= 0.6 is 0 Å². The first kappa shape index (κ1) is 17.9. The van der Waals surface area contributed by atoms with Crippen LogP contribution in [0.25, 0.3) is 0 Å². The van der Waals surface area contributed by atoms with E-state index >= 15 is 0 Å². The van der Waals surface area contributed by atoms with Crippen LogP contribution in [0, 0.1) is 5.41 Å². The molecule has 6 heteroatoms. The summed E-state index contributed by atoms with van der Waals surface area (Å²) in [6.07, 6.45) is 3.30. The highest BCUT2D eigenvalue weighted by Crippen LogP contribution is 2.38. The number of benzene rings is 1. The normalized spacial score (nSPS) is 23.3. The van der Waals surface area contributed by atoms with Gasteiger partial charge in [-0.3, -0.25) is 4.99 Å². The van der Waals surface area contributed by atoms with Crippen LogP contribution in [-0.2, 0) is 4.74 Å². The highest BCUT2D eigenvalue weighted by molar-refractivity contribution is 5.80. The Morgan fingerprint density at radius 2 is 2.08 bits per heavy atom. The molecule has 1 aromatic rings. The molecule has 0 aromatic heterocycles. The largest absolute Gasteiger partial charge is 0.497 e. The van der Waals surface area contributed by atoms with E-state index in [1.54, 1.807) is 7.11 Å². The lowest BCUT2D eigenvalue weighted by Gasteiger charge is -2.24. The molecule has 0 saturated carbocycles. The second-order valence-corrected chi connectivity index (χ2v) is 6.83. The van der Waals surface area contributed by atoms with E-state index in [0.29, 0.717) is 12.0 Å². The molecule has 0 aliphatic carbocycles. The van der Waals surface area contributed by atoms with Crippen molar-refractivity contribution in [1.82, 2.24) is 10.2 Å². The van der Waals surface area contributed by atoms with Crippen LogP contribution in [0.4, 0.5) is 0 Å². The van der Waals surface area contributed by atoms with Gasteiger partial charge in [0.25, 0.3) is 0 Å². The first-order chi connectivity index (χ1) is 12.2. The molecule has 3 rings (SSSR count). The molecular weight excluding hydrogens is 318 g/mol. The molecule has 1 spiro atoms. The third-order valence-corrected chi connectivity index (χ3v) is 5.07. The molecule has 0 radical (unpaired) electrons. The maximum absolute atomic E-state index is 5.76. The molecule has 2 aliphatic heterocycles. The number of methoxy groups -OCH3 is 1. The third kappa shape index (κ3) is 4.57. The molecule has 138 valence electrons. The Morgan fingerprint density at radius 3 is 2.76 bits per heavy atom. The van der Waals surface area contributed by atoms with E-state index in [4.69, 9.17) is 14.2 Å². The number of rotatable bonds is 6. The molecule has 6 nitrogen and oxygen atoms in total. The van der Waals surface area contributed by atoms with E-state index in [9.17, 15) is 0 Å². The van der Waals surface area contributed by atoms with Gasteiger partial charge < -0.3 is 24.4 Å². The van der Waals surface area contributed by atoms with Crippen LogP contribution in [0.15, 0.2) is 29.3 Å². The van der Waals surface area contributed by atoms with E-state index in [1.807, 2.05) is 31.3 Å². The van der Waals surface area contributed by atoms with E-state index in [-0.39, 0.29) is 0 Å². The first-order valence-corrected chi connectivity index (χ1v) is 9.05. The van der Waals surface area contributed by atoms with E-state index in [0.717, 1.165) is 56.7 Å². The Hall–Kier alpha value is -1.95. The molecule has 2 heterocycles. The Kier molecular flexibility index (Phi) is 6.02.